The highest BCUT2D eigenvalue weighted by Gasteiger charge is 2.27. The summed E-state index contributed by atoms with van der Waals surface area (Å²) in [5.74, 6) is -0.0441. The Balaban J connectivity index is 2.79. The molecule has 1 rings (SSSR count). The molecular formula is C7H8O2. The highest BCUT2D eigenvalue weighted by atomic mass is 16.3. The SMILES string of the molecule is C=C[C@@]1(O)C=CC(=O)C1. The average molecular weight is 124 g/mol. The molecule has 0 saturated heterocycles. The lowest BCUT2D eigenvalue weighted by atomic mass is 10.0. The van der Waals surface area contributed by atoms with Crippen LogP contribution >= 0.6 is 0 Å². The molecule has 2 heteroatoms. The number of hydrogen-bond acceptors (Lipinski definition) is 2. The maximum atomic E-state index is 10.5. The Morgan fingerprint density at radius 3 is 2.78 bits per heavy atom. The minimum atomic E-state index is -1.06. The second kappa shape index (κ2) is 1.81. The van der Waals surface area contributed by atoms with Crippen molar-refractivity contribution in [3.63, 3.8) is 0 Å². The number of rotatable bonds is 1. The van der Waals surface area contributed by atoms with Crippen LogP contribution in [0, 0.1) is 0 Å². The average Bonchev–Trinajstić information content (AvgIpc) is 2.13. The van der Waals surface area contributed by atoms with E-state index in [1.165, 1.54) is 18.2 Å². The molecule has 1 aliphatic rings. The fourth-order valence-electron chi connectivity index (χ4n) is 0.774. The minimum Gasteiger partial charge on any atom is -0.381 e. The molecule has 1 N–H and O–H groups in total. The summed E-state index contributed by atoms with van der Waals surface area (Å²) >= 11 is 0. The van der Waals surface area contributed by atoms with Crippen molar-refractivity contribution in [1.29, 1.82) is 0 Å². The minimum absolute atomic E-state index is 0.0441. The molecule has 0 saturated carbocycles. The lowest BCUT2D eigenvalue weighted by Crippen LogP contribution is -2.20. The molecule has 1 atom stereocenters. The van der Waals surface area contributed by atoms with Crippen molar-refractivity contribution < 1.29 is 9.90 Å². The van der Waals surface area contributed by atoms with Crippen molar-refractivity contribution in [2.24, 2.45) is 0 Å². The monoisotopic (exact) mass is 124 g/mol. The predicted molar refractivity (Wildman–Crippen MR) is 33.9 cm³/mol. The van der Waals surface area contributed by atoms with Gasteiger partial charge in [0, 0.05) is 6.42 Å². The zero-order valence-electron chi connectivity index (χ0n) is 5.00. The number of allylic oxidation sites excluding steroid dienone is 1. The number of carbonyl (C=O) groups is 1. The second-order valence-electron chi connectivity index (χ2n) is 2.17. The van der Waals surface area contributed by atoms with Gasteiger partial charge in [-0.1, -0.05) is 12.7 Å². The molecule has 1 aliphatic carbocycles. The lowest BCUT2D eigenvalue weighted by molar-refractivity contribution is -0.115. The van der Waals surface area contributed by atoms with Gasteiger partial charge in [-0.05, 0) is 12.2 Å². The zero-order chi connectivity index (χ0) is 6.91. The van der Waals surface area contributed by atoms with Gasteiger partial charge >= 0.3 is 0 Å². The third-order valence-electron chi connectivity index (χ3n) is 1.37. The van der Waals surface area contributed by atoms with E-state index in [4.69, 9.17) is 0 Å². The molecule has 0 spiro atoms. The lowest BCUT2D eigenvalue weighted by Gasteiger charge is -2.11. The summed E-state index contributed by atoms with van der Waals surface area (Å²) in [6, 6.07) is 0. The second-order valence-corrected chi connectivity index (χ2v) is 2.17. The fourth-order valence-corrected chi connectivity index (χ4v) is 0.774. The van der Waals surface area contributed by atoms with Crippen LogP contribution in [0.1, 0.15) is 6.42 Å². The maximum absolute atomic E-state index is 10.5. The third-order valence-corrected chi connectivity index (χ3v) is 1.37. The molecule has 2 nitrogen and oxygen atoms in total. The van der Waals surface area contributed by atoms with Gasteiger partial charge < -0.3 is 5.11 Å². The van der Waals surface area contributed by atoms with Gasteiger partial charge in [-0.2, -0.15) is 0 Å². The van der Waals surface area contributed by atoms with E-state index in [0.717, 1.165) is 0 Å². The molecular weight excluding hydrogens is 116 g/mol. The number of hydrogen-bond donors (Lipinski definition) is 1. The molecule has 0 radical (unpaired) electrons. The Morgan fingerprint density at radius 1 is 1.89 bits per heavy atom. The molecule has 9 heavy (non-hydrogen) atoms. The van der Waals surface area contributed by atoms with Crippen molar-refractivity contribution in [1.82, 2.24) is 0 Å². The maximum Gasteiger partial charge on any atom is 0.159 e. The van der Waals surface area contributed by atoms with Crippen LogP contribution in [0.4, 0.5) is 0 Å². The van der Waals surface area contributed by atoms with Crippen LogP contribution in [-0.2, 0) is 4.79 Å². The van der Waals surface area contributed by atoms with E-state index in [2.05, 4.69) is 6.58 Å². The summed E-state index contributed by atoms with van der Waals surface area (Å²) < 4.78 is 0. The van der Waals surface area contributed by atoms with Gasteiger partial charge in [0.15, 0.2) is 5.78 Å². The van der Waals surface area contributed by atoms with Gasteiger partial charge in [0.05, 0.1) is 0 Å². The normalized spacial score (nSPS) is 33.2. The van der Waals surface area contributed by atoms with E-state index in [1.807, 2.05) is 0 Å². The molecule has 0 unspecified atom stereocenters. The Hall–Kier alpha value is -0.890. The summed E-state index contributed by atoms with van der Waals surface area (Å²) in [5, 5.41) is 9.24. The van der Waals surface area contributed by atoms with E-state index < -0.39 is 5.60 Å². The number of ketones is 1. The Bertz CT molecular complexity index is 181. The highest BCUT2D eigenvalue weighted by molar-refractivity contribution is 5.94. The molecule has 0 fully saturated rings. The summed E-state index contributed by atoms with van der Waals surface area (Å²) in [6.45, 7) is 3.40. The first kappa shape index (κ1) is 6.23. The predicted octanol–water partition coefficient (Wildman–Crippen LogP) is 0.432. The molecule has 48 valence electrons. The van der Waals surface area contributed by atoms with Gasteiger partial charge in [0.2, 0.25) is 0 Å². The van der Waals surface area contributed by atoms with E-state index in [0.29, 0.717) is 0 Å². The van der Waals surface area contributed by atoms with Gasteiger partial charge in [-0.25, -0.2) is 0 Å². The quantitative estimate of drug-likeness (QED) is 0.515. The highest BCUT2D eigenvalue weighted by Crippen LogP contribution is 2.19. The van der Waals surface area contributed by atoms with Gasteiger partial charge in [-0.15, -0.1) is 0 Å². The summed E-state index contributed by atoms with van der Waals surface area (Å²) in [5.41, 5.74) is -1.06. The van der Waals surface area contributed by atoms with Crippen LogP contribution in [0.3, 0.4) is 0 Å². The Morgan fingerprint density at radius 2 is 2.56 bits per heavy atom. The van der Waals surface area contributed by atoms with Crippen LogP contribution in [0.2, 0.25) is 0 Å². The summed E-state index contributed by atoms with van der Waals surface area (Å²) in [4.78, 5) is 10.5. The first-order valence-electron chi connectivity index (χ1n) is 2.74. The molecule has 0 aliphatic heterocycles. The standard InChI is InChI=1S/C7H8O2/c1-2-7(9)4-3-6(8)5-7/h2-4,9H,1,5H2/t7-/m1/s1. The topological polar surface area (TPSA) is 37.3 Å². The Labute approximate surface area is 53.5 Å². The summed E-state index contributed by atoms with van der Waals surface area (Å²) in [7, 11) is 0. The van der Waals surface area contributed by atoms with Crippen molar-refractivity contribution in [2.75, 3.05) is 0 Å². The van der Waals surface area contributed by atoms with E-state index in [-0.39, 0.29) is 12.2 Å². The fraction of sp³-hybridized carbons (Fsp3) is 0.286. The van der Waals surface area contributed by atoms with Gasteiger partial charge in [-0.3, -0.25) is 4.79 Å². The zero-order valence-corrected chi connectivity index (χ0v) is 5.00. The van der Waals surface area contributed by atoms with Gasteiger partial charge in [0.25, 0.3) is 0 Å². The molecule has 0 aromatic rings. The molecule has 0 bridgehead atoms. The molecule has 0 aromatic heterocycles. The van der Waals surface area contributed by atoms with Crippen molar-refractivity contribution in [3.05, 3.63) is 24.8 Å². The van der Waals surface area contributed by atoms with Crippen molar-refractivity contribution >= 4 is 5.78 Å². The number of aliphatic hydroxyl groups is 1. The molecule has 0 aromatic carbocycles. The van der Waals surface area contributed by atoms with Crippen LogP contribution in [0.15, 0.2) is 24.8 Å². The number of carbonyl (C=O) groups excluding carboxylic acids is 1. The van der Waals surface area contributed by atoms with Crippen LogP contribution < -0.4 is 0 Å². The van der Waals surface area contributed by atoms with Gasteiger partial charge in [0.1, 0.15) is 5.60 Å². The Kier molecular flexibility index (Phi) is 1.25. The first-order chi connectivity index (χ1) is 4.16. The summed E-state index contributed by atoms with van der Waals surface area (Å²) in [6.07, 6.45) is 4.36. The van der Waals surface area contributed by atoms with Crippen LogP contribution in [0.25, 0.3) is 0 Å². The van der Waals surface area contributed by atoms with E-state index in [9.17, 15) is 9.90 Å². The molecule has 0 amide bonds. The van der Waals surface area contributed by atoms with Crippen LogP contribution in [-0.4, -0.2) is 16.5 Å². The van der Waals surface area contributed by atoms with Crippen LogP contribution in [0.5, 0.6) is 0 Å². The smallest absolute Gasteiger partial charge is 0.159 e. The first-order valence-corrected chi connectivity index (χ1v) is 2.74. The van der Waals surface area contributed by atoms with Crippen molar-refractivity contribution in [2.45, 2.75) is 12.0 Å². The third kappa shape index (κ3) is 1.08. The largest absolute Gasteiger partial charge is 0.381 e. The van der Waals surface area contributed by atoms with E-state index in [1.54, 1.807) is 0 Å². The van der Waals surface area contributed by atoms with Crippen molar-refractivity contribution in [3.8, 4) is 0 Å². The molecule has 0 heterocycles. The van der Waals surface area contributed by atoms with E-state index >= 15 is 0 Å².